The number of hydrogen-bond donors (Lipinski definition) is 2. The number of aromatic nitrogens is 4. The Morgan fingerprint density at radius 3 is 2.70 bits per heavy atom. The van der Waals surface area contributed by atoms with Crippen LogP contribution in [-0.4, -0.2) is 50.6 Å². The van der Waals surface area contributed by atoms with Crippen LogP contribution in [-0.2, 0) is 25.4 Å². The lowest BCUT2D eigenvalue weighted by Crippen LogP contribution is -2.30. The van der Waals surface area contributed by atoms with Crippen molar-refractivity contribution in [2.45, 2.75) is 45.9 Å². The highest BCUT2D eigenvalue weighted by Gasteiger charge is 2.28. The standard InChI is InChI=1S/C21H29N6O5P/c1-15(9-10-30-17(3)28)26-33(29,32-18-7-5-4-6-8-18)14-31-16(2)11-27-13-25-19-20(22)23-12-24-21(19)27/h4-8,12-13,15-16H,9-11,14H2,1-3H3,(H,26,29)(H2,22,23,24)/t15?,16-,33?/m1/s1. The number of hydrogen-bond acceptors (Lipinski definition) is 9. The van der Waals surface area contributed by atoms with Crippen LogP contribution in [0.3, 0.4) is 0 Å². The summed E-state index contributed by atoms with van der Waals surface area (Å²) in [7, 11) is -3.44. The highest BCUT2D eigenvalue weighted by Crippen LogP contribution is 2.44. The lowest BCUT2D eigenvalue weighted by Gasteiger charge is -2.25. The van der Waals surface area contributed by atoms with Crippen LogP contribution in [0.25, 0.3) is 11.2 Å². The molecule has 3 rings (SSSR count). The van der Waals surface area contributed by atoms with Crippen LogP contribution >= 0.6 is 7.52 Å². The Bertz CT molecular complexity index is 1110. The summed E-state index contributed by atoms with van der Waals surface area (Å²) >= 11 is 0. The number of carbonyl (C=O) groups excluding carboxylic acids is 1. The first kappa shape index (κ1) is 24.6. The summed E-state index contributed by atoms with van der Waals surface area (Å²) in [6, 6.07) is 8.65. The number of nitrogens with one attached hydrogen (secondary N) is 1. The van der Waals surface area contributed by atoms with Gasteiger partial charge >= 0.3 is 13.5 Å². The lowest BCUT2D eigenvalue weighted by atomic mass is 10.3. The minimum atomic E-state index is -3.44. The SMILES string of the molecule is CC(=O)OCCC(C)NP(=O)(CO[C@H](C)Cn1cnc2c(N)ncnc21)Oc1ccccc1. The van der Waals surface area contributed by atoms with Gasteiger partial charge in [0.05, 0.1) is 25.6 Å². The molecule has 0 aliphatic carbocycles. The van der Waals surface area contributed by atoms with Crippen molar-refractivity contribution < 1.29 is 23.4 Å². The van der Waals surface area contributed by atoms with Crippen molar-refractivity contribution in [3.8, 4) is 5.75 Å². The molecule has 0 saturated carbocycles. The van der Waals surface area contributed by atoms with Crippen LogP contribution < -0.4 is 15.3 Å². The Balaban J connectivity index is 1.64. The number of nitrogens with two attached hydrogens (primary N) is 1. The Morgan fingerprint density at radius 1 is 1.21 bits per heavy atom. The average molecular weight is 476 g/mol. The minimum absolute atomic E-state index is 0.162. The number of nitrogen functional groups attached to an aromatic ring is 1. The molecule has 3 N–H and O–H groups in total. The van der Waals surface area contributed by atoms with Gasteiger partial charge in [0.15, 0.2) is 11.5 Å². The van der Waals surface area contributed by atoms with Crippen molar-refractivity contribution in [1.29, 1.82) is 0 Å². The van der Waals surface area contributed by atoms with E-state index in [1.165, 1.54) is 13.3 Å². The molecule has 3 aromatic rings. The molecule has 178 valence electrons. The smallest absolute Gasteiger partial charge is 0.342 e. The van der Waals surface area contributed by atoms with Crippen molar-refractivity contribution in [1.82, 2.24) is 24.6 Å². The number of benzene rings is 1. The largest absolute Gasteiger partial charge is 0.466 e. The predicted octanol–water partition coefficient (Wildman–Crippen LogP) is 2.97. The van der Waals surface area contributed by atoms with Crippen molar-refractivity contribution in [2.75, 3.05) is 18.7 Å². The number of esters is 1. The number of fused-ring (bicyclic) bond motifs is 1. The van der Waals surface area contributed by atoms with Crippen molar-refractivity contribution in [3.05, 3.63) is 43.0 Å². The second kappa shape index (κ2) is 11.2. The molecule has 33 heavy (non-hydrogen) atoms. The van der Waals surface area contributed by atoms with Crippen LogP contribution in [0, 0.1) is 0 Å². The molecule has 0 bridgehead atoms. The van der Waals surface area contributed by atoms with E-state index in [2.05, 4.69) is 20.0 Å². The van der Waals surface area contributed by atoms with Crippen molar-refractivity contribution >= 4 is 30.5 Å². The van der Waals surface area contributed by atoms with Crippen LogP contribution in [0.5, 0.6) is 5.75 Å². The van der Waals surface area contributed by atoms with Gasteiger partial charge in [-0.3, -0.25) is 9.36 Å². The van der Waals surface area contributed by atoms with E-state index in [9.17, 15) is 9.36 Å². The Labute approximate surface area is 192 Å². The third-order valence-electron chi connectivity index (χ3n) is 4.68. The molecule has 11 nitrogen and oxygen atoms in total. The number of rotatable bonds is 12. The maximum atomic E-state index is 13.6. The summed E-state index contributed by atoms with van der Waals surface area (Å²) in [6.07, 6.45) is 2.98. The highest BCUT2D eigenvalue weighted by atomic mass is 31.2. The summed E-state index contributed by atoms with van der Waals surface area (Å²) in [5.41, 5.74) is 6.96. The third-order valence-corrected chi connectivity index (χ3v) is 6.51. The molecule has 0 amide bonds. The van der Waals surface area contributed by atoms with Crippen molar-refractivity contribution in [3.63, 3.8) is 0 Å². The number of ether oxygens (including phenoxy) is 2. The molecule has 0 aliphatic heterocycles. The minimum Gasteiger partial charge on any atom is -0.466 e. The third kappa shape index (κ3) is 7.24. The summed E-state index contributed by atoms with van der Waals surface area (Å²) in [6.45, 7) is 5.68. The van der Waals surface area contributed by atoms with Gasteiger partial charge in [0, 0.05) is 13.0 Å². The first-order valence-electron chi connectivity index (χ1n) is 10.5. The number of carbonyl (C=O) groups is 1. The topological polar surface area (TPSA) is 143 Å². The quantitative estimate of drug-likeness (QED) is 0.296. The molecule has 3 atom stereocenters. The maximum absolute atomic E-state index is 13.6. The van der Waals surface area contributed by atoms with E-state index in [1.807, 2.05) is 19.9 Å². The van der Waals surface area contributed by atoms with Crippen LogP contribution in [0.4, 0.5) is 5.82 Å². The molecular weight excluding hydrogens is 447 g/mol. The first-order valence-corrected chi connectivity index (χ1v) is 12.3. The molecule has 0 fully saturated rings. The van der Waals surface area contributed by atoms with E-state index in [4.69, 9.17) is 19.7 Å². The number of para-hydroxylation sites is 1. The fourth-order valence-corrected chi connectivity index (χ4v) is 5.00. The normalized spacial score (nSPS) is 15.0. The molecule has 0 aliphatic rings. The molecule has 0 radical (unpaired) electrons. The average Bonchev–Trinajstić information content (AvgIpc) is 3.17. The summed E-state index contributed by atoms with van der Waals surface area (Å²) < 4.78 is 32.2. The fourth-order valence-electron chi connectivity index (χ4n) is 3.11. The van der Waals surface area contributed by atoms with Gasteiger partial charge in [-0.25, -0.2) is 20.0 Å². The van der Waals surface area contributed by atoms with Gasteiger partial charge < -0.3 is 24.3 Å². The Kier molecular flexibility index (Phi) is 8.37. The molecule has 2 heterocycles. The highest BCUT2D eigenvalue weighted by molar-refractivity contribution is 7.57. The van der Waals surface area contributed by atoms with Gasteiger partial charge in [-0.2, -0.15) is 0 Å². The van der Waals surface area contributed by atoms with Crippen LogP contribution in [0.2, 0.25) is 0 Å². The molecule has 0 spiro atoms. The second-order valence-electron chi connectivity index (χ2n) is 7.67. The van der Waals surface area contributed by atoms with Gasteiger partial charge in [-0.05, 0) is 32.4 Å². The van der Waals surface area contributed by atoms with Gasteiger partial charge in [-0.15, -0.1) is 0 Å². The molecule has 0 saturated heterocycles. The Hall–Kier alpha value is -3.01. The van der Waals surface area contributed by atoms with E-state index in [0.29, 0.717) is 35.7 Å². The summed E-state index contributed by atoms with van der Waals surface area (Å²) in [5.74, 6) is 0.409. The van der Waals surface area contributed by atoms with Crippen LogP contribution in [0.15, 0.2) is 43.0 Å². The van der Waals surface area contributed by atoms with E-state index in [1.54, 1.807) is 35.2 Å². The number of imidazole rings is 1. The second-order valence-corrected chi connectivity index (χ2v) is 9.72. The summed E-state index contributed by atoms with van der Waals surface area (Å²) in [5, 5.41) is 3.03. The lowest BCUT2D eigenvalue weighted by molar-refractivity contribution is -0.141. The molecule has 1 aromatic carbocycles. The monoisotopic (exact) mass is 476 g/mol. The van der Waals surface area contributed by atoms with E-state index in [0.717, 1.165) is 0 Å². The number of nitrogens with zero attached hydrogens (tertiary/aromatic N) is 4. The van der Waals surface area contributed by atoms with E-state index >= 15 is 0 Å². The number of anilines is 1. The zero-order valence-corrected chi connectivity index (χ0v) is 19.8. The van der Waals surface area contributed by atoms with Gasteiger partial charge in [-0.1, -0.05) is 18.2 Å². The van der Waals surface area contributed by atoms with Gasteiger partial charge in [0.2, 0.25) is 0 Å². The van der Waals surface area contributed by atoms with Gasteiger partial charge in [0.25, 0.3) is 0 Å². The molecule has 2 unspecified atom stereocenters. The zero-order valence-electron chi connectivity index (χ0n) is 18.9. The molecule has 12 heteroatoms. The van der Waals surface area contributed by atoms with Gasteiger partial charge in [0.1, 0.15) is 23.9 Å². The summed E-state index contributed by atoms with van der Waals surface area (Å²) in [4.78, 5) is 23.4. The van der Waals surface area contributed by atoms with Crippen molar-refractivity contribution in [2.24, 2.45) is 0 Å². The first-order chi connectivity index (χ1) is 15.8. The van der Waals surface area contributed by atoms with E-state index < -0.39 is 7.52 Å². The Morgan fingerprint density at radius 2 is 1.97 bits per heavy atom. The maximum Gasteiger partial charge on any atom is 0.342 e. The zero-order chi connectivity index (χ0) is 23.8. The fraction of sp³-hybridized carbons (Fsp3) is 0.429. The molecule has 2 aromatic heterocycles. The van der Waals surface area contributed by atoms with E-state index in [-0.39, 0.29) is 31.1 Å². The van der Waals surface area contributed by atoms with Crippen LogP contribution in [0.1, 0.15) is 27.2 Å². The predicted molar refractivity (Wildman–Crippen MR) is 124 cm³/mol. The molecular formula is C21H29N6O5P.